The van der Waals surface area contributed by atoms with E-state index in [0.29, 0.717) is 21.3 Å². The summed E-state index contributed by atoms with van der Waals surface area (Å²) in [6.07, 6.45) is 1.62. The SMILES string of the molecule is COC(=O)c1sc(NC(=S)Nc2ccccn2)c(C(=O)OC)c1C. The summed E-state index contributed by atoms with van der Waals surface area (Å²) in [6.45, 7) is 1.65. The molecular weight excluding hydrogens is 350 g/mol. The van der Waals surface area contributed by atoms with Crippen LogP contribution in [0, 0.1) is 6.92 Å². The Morgan fingerprint density at radius 3 is 2.46 bits per heavy atom. The highest BCUT2D eigenvalue weighted by Crippen LogP contribution is 2.34. The average molecular weight is 365 g/mol. The fraction of sp³-hybridized carbons (Fsp3) is 0.200. The average Bonchev–Trinajstić information content (AvgIpc) is 2.90. The van der Waals surface area contributed by atoms with E-state index in [1.807, 2.05) is 6.07 Å². The molecule has 2 aromatic rings. The second kappa shape index (κ2) is 7.84. The third-order valence-electron chi connectivity index (χ3n) is 3.04. The number of aromatic nitrogens is 1. The summed E-state index contributed by atoms with van der Waals surface area (Å²) < 4.78 is 9.52. The van der Waals surface area contributed by atoms with Crippen LogP contribution in [0.15, 0.2) is 24.4 Å². The number of hydrogen-bond donors (Lipinski definition) is 2. The largest absolute Gasteiger partial charge is 0.465 e. The van der Waals surface area contributed by atoms with Gasteiger partial charge in [0, 0.05) is 6.20 Å². The Morgan fingerprint density at radius 2 is 1.88 bits per heavy atom. The molecule has 24 heavy (non-hydrogen) atoms. The zero-order chi connectivity index (χ0) is 17.7. The normalized spacial score (nSPS) is 9.96. The molecule has 2 N–H and O–H groups in total. The number of hydrogen-bond acceptors (Lipinski definition) is 7. The maximum Gasteiger partial charge on any atom is 0.348 e. The first-order chi connectivity index (χ1) is 11.5. The second-order valence-corrected chi connectivity index (χ2v) is 5.97. The molecule has 0 aliphatic rings. The van der Waals surface area contributed by atoms with Gasteiger partial charge in [0.05, 0.1) is 19.8 Å². The third kappa shape index (κ3) is 3.87. The van der Waals surface area contributed by atoms with Gasteiger partial charge in [0.25, 0.3) is 0 Å². The number of carbonyl (C=O) groups is 2. The van der Waals surface area contributed by atoms with Crippen LogP contribution in [0.4, 0.5) is 10.8 Å². The number of nitrogens with zero attached hydrogens (tertiary/aromatic N) is 1. The van der Waals surface area contributed by atoms with Crippen molar-refractivity contribution in [3.05, 3.63) is 40.4 Å². The molecule has 9 heteroatoms. The number of rotatable bonds is 4. The van der Waals surface area contributed by atoms with Crippen LogP contribution < -0.4 is 10.6 Å². The van der Waals surface area contributed by atoms with Crippen molar-refractivity contribution >= 4 is 51.4 Å². The van der Waals surface area contributed by atoms with Crippen LogP contribution in [-0.4, -0.2) is 36.3 Å². The summed E-state index contributed by atoms with van der Waals surface area (Å²) in [5.41, 5.74) is 0.718. The fourth-order valence-electron chi connectivity index (χ4n) is 1.92. The Morgan fingerprint density at radius 1 is 1.17 bits per heavy atom. The predicted octanol–water partition coefficient (Wildman–Crippen LogP) is 2.83. The van der Waals surface area contributed by atoms with Crippen molar-refractivity contribution in [1.82, 2.24) is 4.98 Å². The van der Waals surface area contributed by atoms with E-state index in [1.54, 1.807) is 25.3 Å². The number of ether oxygens (including phenoxy) is 2. The quantitative estimate of drug-likeness (QED) is 0.631. The van der Waals surface area contributed by atoms with Crippen molar-refractivity contribution in [2.24, 2.45) is 0 Å². The molecular formula is C15H15N3O4S2. The minimum absolute atomic E-state index is 0.233. The van der Waals surface area contributed by atoms with E-state index in [0.717, 1.165) is 11.3 Å². The molecule has 0 spiro atoms. The van der Waals surface area contributed by atoms with Gasteiger partial charge in [-0.3, -0.25) is 0 Å². The summed E-state index contributed by atoms with van der Waals surface area (Å²) >= 11 is 6.29. The zero-order valence-corrected chi connectivity index (χ0v) is 14.8. The van der Waals surface area contributed by atoms with Gasteiger partial charge in [-0.25, -0.2) is 14.6 Å². The number of esters is 2. The minimum Gasteiger partial charge on any atom is -0.465 e. The van der Waals surface area contributed by atoms with Crippen molar-refractivity contribution in [3.8, 4) is 0 Å². The predicted molar refractivity (Wildman–Crippen MR) is 95.8 cm³/mol. The first kappa shape index (κ1) is 17.8. The van der Waals surface area contributed by atoms with E-state index in [9.17, 15) is 9.59 Å². The van der Waals surface area contributed by atoms with E-state index in [-0.39, 0.29) is 10.7 Å². The van der Waals surface area contributed by atoms with Gasteiger partial charge in [-0.05, 0) is 36.8 Å². The lowest BCUT2D eigenvalue weighted by Crippen LogP contribution is -2.20. The Balaban J connectivity index is 2.29. The fourth-order valence-corrected chi connectivity index (χ4v) is 3.31. The number of anilines is 2. The lowest BCUT2D eigenvalue weighted by atomic mass is 10.1. The van der Waals surface area contributed by atoms with Crippen molar-refractivity contribution in [3.63, 3.8) is 0 Å². The van der Waals surface area contributed by atoms with E-state index in [4.69, 9.17) is 21.7 Å². The van der Waals surface area contributed by atoms with Gasteiger partial charge in [0.1, 0.15) is 15.7 Å². The molecule has 2 heterocycles. The highest BCUT2D eigenvalue weighted by Gasteiger charge is 2.26. The van der Waals surface area contributed by atoms with Crippen molar-refractivity contribution < 1.29 is 19.1 Å². The molecule has 0 aromatic carbocycles. The van der Waals surface area contributed by atoms with Gasteiger partial charge in [-0.15, -0.1) is 11.3 Å². The summed E-state index contributed by atoms with van der Waals surface area (Å²) in [5.74, 6) is -0.544. The van der Waals surface area contributed by atoms with Gasteiger partial charge in [-0.2, -0.15) is 0 Å². The molecule has 126 valence electrons. The molecule has 0 aliphatic carbocycles. The Labute approximate surface area is 148 Å². The molecule has 0 unspecified atom stereocenters. The first-order valence-electron chi connectivity index (χ1n) is 6.77. The molecule has 0 radical (unpaired) electrons. The summed E-state index contributed by atoms with van der Waals surface area (Å²) in [6, 6.07) is 5.33. The molecule has 2 aromatic heterocycles. The lowest BCUT2D eigenvalue weighted by molar-refractivity contribution is 0.0601. The summed E-state index contributed by atoms with van der Waals surface area (Å²) in [4.78, 5) is 28.3. The van der Waals surface area contributed by atoms with E-state index in [2.05, 4.69) is 15.6 Å². The van der Waals surface area contributed by atoms with Gasteiger partial charge in [0.15, 0.2) is 5.11 Å². The molecule has 0 atom stereocenters. The molecule has 0 bridgehead atoms. The molecule has 7 nitrogen and oxygen atoms in total. The van der Waals surface area contributed by atoms with Crippen molar-refractivity contribution in [2.75, 3.05) is 24.9 Å². The summed E-state index contributed by atoms with van der Waals surface area (Å²) in [7, 11) is 2.55. The molecule has 0 amide bonds. The maximum absolute atomic E-state index is 12.0. The lowest BCUT2D eigenvalue weighted by Gasteiger charge is -2.09. The highest BCUT2D eigenvalue weighted by atomic mass is 32.1. The Bertz CT molecular complexity index is 775. The number of thiocarbonyl (C=S) groups is 1. The molecule has 0 saturated heterocycles. The monoisotopic (exact) mass is 365 g/mol. The number of thiophene rings is 1. The smallest absolute Gasteiger partial charge is 0.348 e. The topological polar surface area (TPSA) is 89.5 Å². The van der Waals surface area contributed by atoms with Crippen LogP contribution in [0.2, 0.25) is 0 Å². The van der Waals surface area contributed by atoms with Crippen LogP contribution >= 0.6 is 23.6 Å². The van der Waals surface area contributed by atoms with E-state index >= 15 is 0 Å². The highest BCUT2D eigenvalue weighted by molar-refractivity contribution is 7.80. The first-order valence-corrected chi connectivity index (χ1v) is 7.99. The summed E-state index contributed by atoms with van der Waals surface area (Å²) in [5, 5.41) is 6.43. The molecule has 0 fully saturated rings. The van der Waals surface area contributed by atoms with Crippen LogP contribution in [0.1, 0.15) is 25.6 Å². The zero-order valence-electron chi connectivity index (χ0n) is 13.2. The second-order valence-electron chi connectivity index (χ2n) is 4.54. The van der Waals surface area contributed by atoms with E-state index < -0.39 is 11.9 Å². The number of carbonyl (C=O) groups excluding carboxylic acids is 2. The molecule has 2 rings (SSSR count). The maximum atomic E-state index is 12.0. The van der Waals surface area contributed by atoms with Crippen LogP contribution in [0.25, 0.3) is 0 Å². The number of nitrogens with one attached hydrogen (secondary N) is 2. The molecule has 0 aliphatic heterocycles. The van der Waals surface area contributed by atoms with E-state index in [1.165, 1.54) is 14.2 Å². The van der Waals surface area contributed by atoms with Gasteiger partial charge < -0.3 is 20.1 Å². The number of methoxy groups -OCH3 is 2. The van der Waals surface area contributed by atoms with Gasteiger partial charge in [-0.1, -0.05) is 6.07 Å². The van der Waals surface area contributed by atoms with Crippen LogP contribution in [-0.2, 0) is 9.47 Å². The van der Waals surface area contributed by atoms with Crippen molar-refractivity contribution in [2.45, 2.75) is 6.92 Å². The molecule has 0 saturated carbocycles. The van der Waals surface area contributed by atoms with Gasteiger partial charge >= 0.3 is 11.9 Å². The Hall–Kier alpha value is -2.52. The standard InChI is InChI=1S/C15H15N3O4S2/c1-8-10(13(19)21-2)12(24-11(8)14(20)22-3)18-15(23)17-9-6-4-5-7-16-9/h4-7H,1-3H3,(H2,16,17,18,23). The third-order valence-corrected chi connectivity index (χ3v) is 4.43. The number of pyridine rings is 1. The minimum atomic E-state index is -0.568. The van der Waals surface area contributed by atoms with Gasteiger partial charge in [0.2, 0.25) is 0 Å². The Kier molecular flexibility index (Phi) is 5.83. The van der Waals surface area contributed by atoms with Crippen LogP contribution in [0.5, 0.6) is 0 Å². The van der Waals surface area contributed by atoms with Crippen molar-refractivity contribution in [1.29, 1.82) is 0 Å². The van der Waals surface area contributed by atoms with Crippen LogP contribution in [0.3, 0.4) is 0 Å².